The van der Waals surface area contributed by atoms with Crippen molar-refractivity contribution in [1.29, 1.82) is 0 Å². The van der Waals surface area contributed by atoms with Crippen LogP contribution in [-0.2, 0) is 0 Å². The molecule has 0 radical (unpaired) electrons. The monoisotopic (exact) mass is 337 g/mol. The first-order valence-corrected chi connectivity index (χ1v) is 10.1. The van der Waals surface area contributed by atoms with Crippen LogP contribution >= 0.6 is 15.9 Å². The summed E-state index contributed by atoms with van der Waals surface area (Å²) in [6.45, 7) is 6.29. The predicted molar refractivity (Wildman–Crippen MR) is 83.6 cm³/mol. The van der Waals surface area contributed by atoms with E-state index in [4.69, 9.17) is 10.2 Å². The quantitative estimate of drug-likeness (QED) is 0.867. The molecule has 6 heteroatoms. The van der Waals surface area contributed by atoms with Gasteiger partial charge >= 0.3 is 0 Å². The molecule has 0 spiro atoms. The van der Waals surface area contributed by atoms with Crippen molar-refractivity contribution in [3.8, 4) is 17.1 Å². The average molecular weight is 338 g/mol. The summed E-state index contributed by atoms with van der Waals surface area (Å²) in [6, 6.07) is 9.83. The van der Waals surface area contributed by atoms with E-state index >= 15 is 0 Å². The number of aromatic nitrogens is 2. The highest BCUT2D eigenvalue weighted by Gasteiger charge is 2.21. The van der Waals surface area contributed by atoms with Crippen LogP contribution in [0.1, 0.15) is 0 Å². The molecular weight excluding hydrogens is 322 g/mol. The van der Waals surface area contributed by atoms with Gasteiger partial charge in [0.1, 0.15) is 4.47 Å². The molecule has 0 atom stereocenters. The van der Waals surface area contributed by atoms with E-state index in [0.29, 0.717) is 5.88 Å². The normalized spacial score (nSPS) is 11.4. The molecule has 100 valence electrons. The van der Waals surface area contributed by atoms with E-state index in [1.165, 1.54) is 0 Å². The largest absolute Gasteiger partial charge is 0.531 e. The highest BCUT2D eigenvalue weighted by atomic mass is 79.9. The maximum atomic E-state index is 5.94. The zero-order valence-corrected chi connectivity index (χ0v) is 13.7. The molecule has 1 aromatic carbocycles. The van der Waals surface area contributed by atoms with Gasteiger partial charge in [0.15, 0.2) is 0 Å². The van der Waals surface area contributed by atoms with Crippen LogP contribution in [0.15, 0.2) is 34.8 Å². The van der Waals surface area contributed by atoms with E-state index in [-0.39, 0.29) is 5.95 Å². The second-order valence-electron chi connectivity index (χ2n) is 5.13. The Kier molecular flexibility index (Phi) is 3.91. The fraction of sp³-hybridized carbons (Fsp3) is 0.231. The predicted octanol–water partition coefficient (Wildman–Crippen LogP) is 3.70. The van der Waals surface area contributed by atoms with Crippen LogP contribution in [0.25, 0.3) is 11.3 Å². The standard InChI is InChI=1S/C13H16BrN3OSi/c1-19(2,3)18-12-10(14)11(16-13(15)17-12)9-7-5-4-6-8-9/h4-8H,1-3H3,(H2,15,16,17). The summed E-state index contributed by atoms with van der Waals surface area (Å²) in [5.41, 5.74) is 7.50. The maximum absolute atomic E-state index is 5.94. The van der Waals surface area contributed by atoms with E-state index < -0.39 is 8.32 Å². The lowest BCUT2D eigenvalue weighted by molar-refractivity contribution is 0.530. The van der Waals surface area contributed by atoms with Gasteiger partial charge < -0.3 is 10.2 Å². The molecule has 2 rings (SSSR count). The molecule has 0 aliphatic heterocycles. The van der Waals surface area contributed by atoms with Crippen molar-refractivity contribution < 1.29 is 4.43 Å². The summed E-state index contributed by atoms with van der Waals surface area (Å²) in [4.78, 5) is 8.47. The van der Waals surface area contributed by atoms with Crippen molar-refractivity contribution in [2.75, 3.05) is 5.73 Å². The summed E-state index contributed by atoms with van der Waals surface area (Å²) in [5, 5.41) is 0. The third-order valence-corrected chi connectivity index (χ3v) is 3.81. The van der Waals surface area contributed by atoms with E-state index in [1.54, 1.807) is 0 Å². The van der Waals surface area contributed by atoms with Gasteiger partial charge in [-0.15, -0.1) is 0 Å². The molecule has 0 saturated heterocycles. The van der Waals surface area contributed by atoms with Crippen LogP contribution in [0.4, 0.5) is 5.95 Å². The van der Waals surface area contributed by atoms with Crippen molar-refractivity contribution >= 4 is 30.2 Å². The van der Waals surface area contributed by atoms with E-state index in [2.05, 4.69) is 45.5 Å². The molecule has 2 aromatic rings. The maximum Gasteiger partial charge on any atom is 0.244 e. The van der Waals surface area contributed by atoms with Crippen molar-refractivity contribution in [1.82, 2.24) is 9.97 Å². The fourth-order valence-electron chi connectivity index (χ4n) is 1.59. The number of nitrogens with two attached hydrogens (primary N) is 1. The van der Waals surface area contributed by atoms with Gasteiger partial charge in [0.25, 0.3) is 0 Å². The molecule has 0 fully saturated rings. The Morgan fingerprint density at radius 3 is 2.32 bits per heavy atom. The number of anilines is 1. The van der Waals surface area contributed by atoms with Gasteiger partial charge in [-0.05, 0) is 35.6 Å². The van der Waals surface area contributed by atoms with Gasteiger partial charge in [-0.3, -0.25) is 0 Å². The Bertz CT molecular complexity index is 584. The van der Waals surface area contributed by atoms with Crippen molar-refractivity contribution in [3.63, 3.8) is 0 Å². The first-order valence-electron chi connectivity index (χ1n) is 5.94. The Labute approximate surface area is 122 Å². The molecular formula is C13H16BrN3OSi. The Balaban J connectivity index is 2.52. The lowest BCUT2D eigenvalue weighted by atomic mass is 10.1. The zero-order valence-electron chi connectivity index (χ0n) is 11.1. The number of nitrogen functional groups attached to an aromatic ring is 1. The lowest BCUT2D eigenvalue weighted by Crippen LogP contribution is -2.30. The minimum absolute atomic E-state index is 0.218. The summed E-state index contributed by atoms with van der Waals surface area (Å²) in [5.74, 6) is 0.737. The topological polar surface area (TPSA) is 61.0 Å². The molecule has 0 unspecified atom stereocenters. The van der Waals surface area contributed by atoms with Crippen molar-refractivity contribution in [2.24, 2.45) is 0 Å². The Morgan fingerprint density at radius 1 is 1.11 bits per heavy atom. The van der Waals surface area contributed by atoms with Gasteiger partial charge in [0.05, 0.1) is 5.69 Å². The van der Waals surface area contributed by atoms with Crippen LogP contribution in [-0.4, -0.2) is 18.3 Å². The molecule has 0 saturated carbocycles. The second kappa shape index (κ2) is 5.30. The van der Waals surface area contributed by atoms with Crippen molar-refractivity contribution in [2.45, 2.75) is 19.6 Å². The number of nitrogens with zero attached hydrogens (tertiary/aromatic N) is 2. The summed E-state index contributed by atoms with van der Waals surface area (Å²) < 4.78 is 6.68. The van der Waals surface area contributed by atoms with Crippen LogP contribution < -0.4 is 10.2 Å². The summed E-state index contributed by atoms with van der Waals surface area (Å²) >= 11 is 3.52. The first kappa shape index (κ1) is 14.0. The molecule has 0 amide bonds. The molecule has 0 bridgehead atoms. The van der Waals surface area contributed by atoms with Crippen LogP contribution in [0.2, 0.25) is 19.6 Å². The Hall–Kier alpha value is -1.40. The lowest BCUT2D eigenvalue weighted by Gasteiger charge is -2.20. The van der Waals surface area contributed by atoms with Gasteiger partial charge in [-0.25, -0.2) is 4.98 Å². The van der Waals surface area contributed by atoms with Crippen molar-refractivity contribution in [3.05, 3.63) is 34.8 Å². The van der Waals surface area contributed by atoms with Gasteiger partial charge in [-0.1, -0.05) is 30.3 Å². The van der Waals surface area contributed by atoms with E-state index in [0.717, 1.165) is 15.7 Å². The van der Waals surface area contributed by atoms with E-state index in [1.807, 2.05) is 30.3 Å². The highest BCUT2D eigenvalue weighted by Crippen LogP contribution is 2.34. The molecule has 19 heavy (non-hydrogen) atoms. The highest BCUT2D eigenvalue weighted by molar-refractivity contribution is 9.10. The van der Waals surface area contributed by atoms with Gasteiger partial charge in [0.2, 0.25) is 20.1 Å². The molecule has 0 aliphatic rings. The van der Waals surface area contributed by atoms with E-state index in [9.17, 15) is 0 Å². The third-order valence-electron chi connectivity index (χ3n) is 2.29. The molecule has 0 aliphatic carbocycles. The Morgan fingerprint density at radius 2 is 1.74 bits per heavy atom. The smallest absolute Gasteiger partial charge is 0.244 e. The number of hydrogen-bond donors (Lipinski definition) is 1. The minimum atomic E-state index is -1.75. The molecule has 2 N–H and O–H groups in total. The first-order chi connectivity index (χ1) is 8.87. The average Bonchev–Trinajstić information content (AvgIpc) is 2.32. The number of halogens is 1. The van der Waals surface area contributed by atoms with Gasteiger partial charge in [-0.2, -0.15) is 4.98 Å². The molecule has 1 heterocycles. The fourth-order valence-corrected chi connectivity index (χ4v) is 2.95. The number of benzene rings is 1. The van der Waals surface area contributed by atoms with Crippen LogP contribution in [0, 0.1) is 0 Å². The van der Waals surface area contributed by atoms with Crippen LogP contribution in [0.5, 0.6) is 5.88 Å². The third kappa shape index (κ3) is 3.54. The zero-order chi connectivity index (χ0) is 14.0. The molecule has 4 nitrogen and oxygen atoms in total. The second-order valence-corrected chi connectivity index (χ2v) is 10.4. The minimum Gasteiger partial charge on any atom is -0.531 e. The van der Waals surface area contributed by atoms with Gasteiger partial charge in [0, 0.05) is 5.56 Å². The molecule has 1 aromatic heterocycles. The summed E-state index contributed by atoms with van der Waals surface area (Å²) in [6.07, 6.45) is 0. The van der Waals surface area contributed by atoms with Crippen LogP contribution in [0.3, 0.4) is 0 Å². The SMILES string of the molecule is C[Si](C)(C)Oc1nc(N)nc(-c2ccccc2)c1Br. The number of rotatable bonds is 3. The summed E-state index contributed by atoms with van der Waals surface area (Å²) in [7, 11) is -1.75. The number of hydrogen-bond acceptors (Lipinski definition) is 4.